The Kier molecular flexibility index (Phi) is 7.41. The fraction of sp³-hybridized carbons (Fsp3) is 0.500. The van der Waals surface area contributed by atoms with Gasteiger partial charge in [-0.15, -0.1) is 11.8 Å². The summed E-state index contributed by atoms with van der Waals surface area (Å²) in [6, 6.07) is 5.37. The molecular weight excluding hydrogens is 432 g/mol. The Bertz CT molecular complexity index is 868. The average molecular weight is 463 g/mol. The zero-order valence-electron chi connectivity index (χ0n) is 18.4. The predicted octanol–water partition coefficient (Wildman–Crippen LogP) is 2.94. The molecule has 1 saturated heterocycles. The summed E-state index contributed by atoms with van der Waals surface area (Å²) in [5.74, 6) is -1.03. The van der Waals surface area contributed by atoms with Gasteiger partial charge in [0.25, 0.3) is 0 Å². The first-order chi connectivity index (χ1) is 14.7. The number of ether oxygens (including phenoxy) is 1. The second-order valence-electron chi connectivity index (χ2n) is 8.70. The van der Waals surface area contributed by atoms with Crippen molar-refractivity contribution in [2.24, 2.45) is 11.8 Å². The molecule has 2 aliphatic heterocycles. The van der Waals surface area contributed by atoms with Gasteiger partial charge < -0.3 is 19.2 Å². The number of amides is 1. The number of hydrogen-bond donors (Lipinski definition) is 1. The van der Waals surface area contributed by atoms with E-state index < -0.39 is 26.3 Å². The smallest absolute Gasteiger partial charge is 0.356 e. The standard InChI is InChI=1S/C22H30N2O5SSi/c1-6-11-28-22(27)19-20(30-13-15-9-7-8-10-23-15)16(12-29-31(3,4)5)18-17(14(2)25)21(26)24(18)19/h6-10,14,16-18,25H,1,11-13H2,2-5H3/t14-,16-,17-,18-/m1/s1. The summed E-state index contributed by atoms with van der Waals surface area (Å²) in [5, 5.41) is 10.3. The highest BCUT2D eigenvalue weighted by Gasteiger charge is 2.61. The molecular formula is C22H30N2O5SSi. The molecule has 7 nitrogen and oxygen atoms in total. The number of aliphatic hydroxyl groups is 1. The summed E-state index contributed by atoms with van der Waals surface area (Å²) in [6.07, 6.45) is 2.41. The fourth-order valence-electron chi connectivity index (χ4n) is 3.89. The molecule has 0 aromatic carbocycles. The average Bonchev–Trinajstić information content (AvgIpc) is 2.98. The third-order valence-corrected chi connectivity index (χ3v) is 7.53. The van der Waals surface area contributed by atoms with Crippen LogP contribution in [0.1, 0.15) is 12.6 Å². The molecule has 9 heteroatoms. The van der Waals surface area contributed by atoms with Gasteiger partial charge in [-0.25, -0.2) is 4.79 Å². The van der Waals surface area contributed by atoms with E-state index in [1.54, 1.807) is 13.1 Å². The van der Waals surface area contributed by atoms with Gasteiger partial charge in [-0.2, -0.15) is 0 Å². The largest absolute Gasteiger partial charge is 0.457 e. The maximum absolute atomic E-state index is 12.9. The van der Waals surface area contributed by atoms with Crippen LogP contribution in [0.5, 0.6) is 0 Å². The Morgan fingerprint density at radius 1 is 1.42 bits per heavy atom. The lowest BCUT2D eigenvalue weighted by Crippen LogP contribution is -2.64. The minimum absolute atomic E-state index is 0.0587. The van der Waals surface area contributed by atoms with E-state index in [1.165, 1.54) is 22.7 Å². The zero-order valence-corrected chi connectivity index (χ0v) is 20.2. The normalized spacial score (nSPS) is 24.0. The summed E-state index contributed by atoms with van der Waals surface area (Å²) in [6.45, 7) is 11.9. The third kappa shape index (κ3) is 5.11. The highest BCUT2D eigenvalue weighted by Crippen LogP contribution is 2.51. The predicted molar refractivity (Wildman–Crippen MR) is 122 cm³/mol. The molecule has 3 rings (SSSR count). The quantitative estimate of drug-likeness (QED) is 0.247. The Balaban J connectivity index is 1.97. The molecule has 3 heterocycles. The Morgan fingerprint density at radius 2 is 2.16 bits per heavy atom. The van der Waals surface area contributed by atoms with Gasteiger partial charge in [0.1, 0.15) is 12.3 Å². The van der Waals surface area contributed by atoms with Gasteiger partial charge in [0, 0.05) is 29.4 Å². The van der Waals surface area contributed by atoms with E-state index in [2.05, 4.69) is 31.2 Å². The first-order valence-electron chi connectivity index (χ1n) is 10.4. The second kappa shape index (κ2) is 9.68. The van der Waals surface area contributed by atoms with Crippen LogP contribution in [0.3, 0.4) is 0 Å². The molecule has 0 aliphatic carbocycles. The molecule has 168 valence electrons. The Morgan fingerprint density at radius 3 is 2.74 bits per heavy atom. The van der Waals surface area contributed by atoms with E-state index in [1.807, 2.05) is 18.2 Å². The highest BCUT2D eigenvalue weighted by atomic mass is 32.2. The van der Waals surface area contributed by atoms with Crippen molar-refractivity contribution in [1.29, 1.82) is 0 Å². The fourth-order valence-corrected chi connectivity index (χ4v) is 5.78. The lowest BCUT2D eigenvalue weighted by Gasteiger charge is -2.47. The van der Waals surface area contributed by atoms with E-state index >= 15 is 0 Å². The van der Waals surface area contributed by atoms with Crippen molar-refractivity contribution < 1.29 is 23.9 Å². The van der Waals surface area contributed by atoms with Crippen LogP contribution in [-0.2, 0) is 24.5 Å². The van der Waals surface area contributed by atoms with Crippen LogP contribution >= 0.6 is 11.8 Å². The number of pyridine rings is 1. The summed E-state index contributed by atoms with van der Waals surface area (Å²) >= 11 is 1.48. The summed E-state index contributed by atoms with van der Waals surface area (Å²) < 4.78 is 11.5. The first kappa shape index (κ1) is 23.7. The van der Waals surface area contributed by atoms with Gasteiger partial charge in [0.2, 0.25) is 5.91 Å². The third-order valence-electron chi connectivity index (χ3n) is 5.25. The lowest BCUT2D eigenvalue weighted by molar-refractivity contribution is -0.164. The minimum Gasteiger partial charge on any atom is -0.457 e. The second-order valence-corrected chi connectivity index (χ2v) is 14.2. The number of β-lactam (4-membered cyclic amide) rings is 1. The number of carbonyl (C=O) groups is 2. The van der Waals surface area contributed by atoms with E-state index in [4.69, 9.17) is 9.16 Å². The van der Waals surface area contributed by atoms with Crippen molar-refractivity contribution in [3.05, 3.63) is 53.3 Å². The van der Waals surface area contributed by atoms with Crippen molar-refractivity contribution in [3.8, 4) is 0 Å². The zero-order chi connectivity index (χ0) is 22.8. The van der Waals surface area contributed by atoms with Crippen LogP contribution in [0.25, 0.3) is 0 Å². The maximum Gasteiger partial charge on any atom is 0.356 e. The number of esters is 1. The molecule has 0 radical (unpaired) electrons. The molecule has 0 spiro atoms. The molecule has 0 unspecified atom stereocenters. The molecule has 1 aromatic rings. The van der Waals surface area contributed by atoms with Gasteiger partial charge in [0.05, 0.1) is 23.8 Å². The van der Waals surface area contributed by atoms with Crippen molar-refractivity contribution >= 4 is 32.0 Å². The number of carbonyl (C=O) groups excluding carboxylic acids is 2. The molecule has 2 aliphatic rings. The number of aliphatic hydroxyl groups excluding tert-OH is 1. The van der Waals surface area contributed by atoms with Crippen LogP contribution in [0, 0.1) is 11.8 Å². The SMILES string of the molecule is C=CCOC(=O)C1=C(SCc2ccccn2)[C@H](CO[Si](C)(C)C)[C@@H]2[C@@H]([C@@H](C)O)C(=O)N12. The van der Waals surface area contributed by atoms with Crippen LogP contribution in [0.15, 0.2) is 47.7 Å². The number of thioether (sulfide) groups is 1. The van der Waals surface area contributed by atoms with E-state index in [0.29, 0.717) is 12.4 Å². The van der Waals surface area contributed by atoms with E-state index in [0.717, 1.165) is 10.6 Å². The number of hydrogen-bond acceptors (Lipinski definition) is 7. The molecule has 1 aromatic heterocycles. The van der Waals surface area contributed by atoms with Gasteiger partial charge >= 0.3 is 5.97 Å². The maximum atomic E-state index is 12.9. The molecule has 4 atom stereocenters. The van der Waals surface area contributed by atoms with E-state index in [-0.39, 0.29) is 30.2 Å². The lowest BCUT2D eigenvalue weighted by atomic mass is 9.79. The van der Waals surface area contributed by atoms with Gasteiger partial charge in [-0.3, -0.25) is 9.78 Å². The molecule has 0 saturated carbocycles. The molecule has 0 bridgehead atoms. The van der Waals surface area contributed by atoms with Gasteiger partial charge in [0.15, 0.2) is 8.32 Å². The number of rotatable bonds is 10. The molecule has 1 amide bonds. The van der Waals surface area contributed by atoms with Crippen molar-refractivity contribution in [3.63, 3.8) is 0 Å². The Labute approximate surface area is 188 Å². The highest BCUT2D eigenvalue weighted by molar-refractivity contribution is 8.02. The van der Waals surface area contributed by atoms with Gasteiger partial charge in [-0.1, -0.05) is 18.7 Å². The van der Waals surface area contributed by atoms with Crippen molar-refractivity contribution in [2.45, 2.75) is 44.5 Å². The molecule has 1 N–H and O–H groups in total. The number of aromatic nitrogens is 1. The topological polar surface area (TPSA) is 89.0 Å². The Hall–Kier alpha value is -1.94. The van der Waals surface area contributed by atoms with E-state index in [9.17, 15) is 14.7 Å². The number of fused-ring (bicyclic) bond motifs is 1. The minimum atomic E-state index is -1.84. The molecule has 1 fully saturated rings. The van der Waals surface area contributed by atoms with Crippen molar-refractivity contribution in [2.75, 3.05) is 13.2 Å². The van der Waals surface area contributed by atoms with Gasteiger partial charge in [-0.05, 0) is 38.7 Å². The monoisotopic (exact) mass is 462 g/mol. The van der Waals surface area contributed by atoms with Crippen molar-refractivity contribution in [1.82, 2.24) is 9.88 Å². The van der Waals surface area contributed by atoms with Crippen LogP contribution in [0.4, 0.5) is 0 Å². The van der Waals surface area contributed by atoms with Crippen LogP contribution < -0.4 is 0 Å². The summed E-state index contributed by atoms with van der Waals surface area (Å²) in [4.78, 5) is 32.5. The first-order valence-corrected chi connectivity index (χ1v) is 14.7. The molecule has 31 heavy (non-hydrogen) atoms. The summed E-state index contributed by atoms with van der Waals surface area (Å²) in [5.41, 5.74) is 1.13. The van der Waals surface area contributed by atoms with Crippen LogP contribution in [0.2, 0.25) is 19.6 Å². The van der Waals surface area contributed by atoms with Crippen LogP contribution in [-0.4, -0.2) is 60.5 Å². The number of nitrogens with zero attached hydrogens (tertiary/aromatic N) is 2. The summed E-state index contributed by atoms with van der Waals surface area (Å²) in [7, 11) is -1.84.